The molecular formula is C25H44O. The third-order valence-corrected chi connectivity index (χ3v) is 5.68. The molecule has 0 saturated heterocycles. The molecule has 0 fully saturated rings. The van der Waals surface area contributed by atoms with Crippen molar-refractivity contribution in [3.8, 4) is 0 Å². The smallest absolute Gasteiger partial charge is 0.0926 e. The van der Waals surface area contributed by atoms with Crippen molar-refractivity contribution < 1.29 is 4.74 Å². The first kappa shape index (κ1) is 23.2. The maximum Gasteiger partial charge on any atom is 0.0926 e. The molecule has 0 atom stereocenters. The molecule has 0 bridgehead atoms. The fourth-order valence-electron chi connectivity index (χ4n) is 4.40. The van der Waals surface area contributed by atoms with Gasteiger partial charge in [-0.25, -0.2) is 0 Å². The lowest BCUT2D eigenvalue weighted by Crippen LogP contribution is -2.29. The Balaban J connectivity index is 2.90. The van der Waals surface area contributed by atoms with Gasteiger partial charge in [0.25, 0.3) is 0 Å². The van der Waals surface area contributed by atoms with Crippen LogP contribution in [-0.2, 0) is 15.8 Å². The third kappa shape index (κ3) is 6.72. The molecule has 0 unspecified atom stereocenters. The van der Waals surface area contributed by atoms with E-state index in [9.17, 15) is 0 Å². The molecule has 0 aromatic heterocycles. The van der Waals surface area contributed by atoms with Gasteiger partial charge < -0.3 is 4.74 Å². The molecule has 0 heterocycles. The number of unbranched alkanes of at least 4 members (excludes halogenated alkanes) is 3. The highest BCUT2D eigenvalue weighted by Crippen LogP contribution is 2.38. The van der Waals surface area contributed by atoms with Gasteiger partial charge in [0, 0.05) is 6.61 Å². The second kappa shape index (κ2) is 9.93. The molecule has 0 aliphatic carbocycles. The molecule has 0 amide bonds. The fraction of sp³-hybridized carbons (Fsp3) is 0.760. The number of benzene rings is 1. The maximum atomic E-state index is 6.47. The first-order chi connectivity index (χ1) is 12.1. The Bertz CT molecular complexity index is 500. The average molecular weight is 361 g/mol. The van der Waals surface area contributed by atoms with E-state index < -0.39 is 0 Å². The molecule has 0 aliphatic heterocycles. The van der Waals surface area contributed by atoms with Gasteiger partial charge in [-0.05, 0) is 47.6 Å². The highest BCUT2D eigenvalue weighted by Gasteiger charge is 2.31. The summed E-state index contributed by atoms with van der Waals surface area (Å²) in [4.78, 5) is 0. The second-order valence-corrected chi connectivity index (χ2v) is 9.81. The lowest BCUT2D eigenvalue weighted by atomic mass is 9.72. The number of hydrogen-bond acceptors (Lipinski definition) is 1. The van der Waals surface area contributed by atoms with Crippen molar-refractivity contribution in [1.82, 2.24) is 0 Å². The maximum absolute atomic E-state index is 6.47. The summed E-state index contributed by atoms with van der Waals surface area (Å²) in [5.74, 6) is 0. The molecule has 0 aliphatic rings. The molecular weight excluding hydrogens is 316 g/mol. The summed E-state index contributed by atoms with van der Waals surface area (Å²) in [6.45, 7) is 19.4. The Morgan fingerprint density at radius 2 is 1.27 bits per heavy atom. The minimum atomic E-state index is -0.126. The van der Waals surface area contributed by atoms with Crippen LogP contribution in [-0.4, -0.2) is 6.61 Å². The molecule has 1 aromatic rings. The lowest BCUT2D eigenvalue weighted by molar-refractivity contribution is -0.0584. The van der Waals surface area contributed by atoms with E-state index in [4.69, 9.17) is 4.74 Å². The molecule has 1 aromatic carbocycles. The predicted octanol–water partition coefficient (Wildman–Crippen LogP) is 8.01. The highest BCUT2D eigenvalue weighted by molar-refractivity contribution is 5.31. The Morgan fingerprint density at radius 3 is 1.73 bits per heavy atom. The zero-order valence-electron chi connectivity index (χ0n) is 18.9. The predicted molar refractivity (Wildman–Crippen MR) is 116 cm³/mol. The van der Waals surface area contributed by atoms with Crippen LogP contribution >= 0.6 is 0 Å². The van der Waals surface area contributed by atoms with E-state index in [1.807, 2.05) is 0 Å². The van der Waals surface area contributed by atoms with E-state index in [-0.39, 0.29) is 11.0 Å². The van der Waals surface area contributed by atoms with Crippen LogP contribution in [0.2, 0.25) is 0 Å². The molecule has 1 rings (SSSR count). The zero-order valence-corrected chi connectivity index (χ0v) is 18.9. The minimum Gasteiger partial charge on any atom is -0.370 e. The van der Waals surface area contributed by atoms with Crippen LogP contribution in [0.3, 0.4) is 0 Å². The van der Waals surface area contributed by atoms with Gasteiger partial charge >= 0.3 is 0 Å². The van der Waals surface area contributed by atoms with Crippen LogP contribution in [0.4, 0.5) is 0 Å². The first-order valence-electron chi connectivity index (χ1n) is 10.8. The van der Waals surface area contributed by atoms with Crippen LogP contribution in [0.1, 0.15) is 111 Å². The Morgan fingerprint density at radius 1 is 0.731 bits per heavy atom. The van der Waals surface area contributed by atoms with E-state index in [0.717, 1.165) is 19.4 Å². The van der Waals surface area contributed by atoms with Gasteiger partial charge in [-0.1, -0.05) is 98.9 Å². The van der Waals surface area contributed by atoms with Gasteiger partial charge in [-0.2, -0.15) is 0 Å². The Hall–Kier alpha value is -0.820. The summed E-state index contributed by atoms with van der Waals surface area (Å²) < 4.78 is 6.47. The molecule has 0 spiro atoms. The molecule has 0 radical (unpaired) electrons. The van der Waals surface area contributed by atoms with E-state index in [1.165, 1.54) is 43.2 Å². The summed E-state index contributed by atoms with van der Waals surface area (Å²) in [6.07, 6.45) is 8.28. The van der Waals surface area contributed by atoms with Crippen molar-refractivity contribution in [2.75, 3.05) is 6.61 Å². The van der Waals surface area contributed by atoms with Crippen LogP contribution in [0.5, 0.6) is 0 Å². The number of rotatable bonds is 11. The standard InChI is InChI=1S/C25H44O/c1-9-12-13-14-19-26-25(10-2,11-3)22-17-15-21(16-18-22)24(7,8)20-23(4,5)6/h15-18H,9-14,19-20H2,1-8H3. The minimum absolute atomic E-state index is 0.126. The van der Waals surface area contributed by atoms with Crippen LogP contribution < -0.4 is 0 Å². The fourth-order valence-corrected chi connectivity index (χ4v) is 4.40. The normalized spacial score (nSPS) is 13.2. The zero-order chi connectivity index (χ0) is 19.8. The number of ether oxygens (including phenoxy) is 1. The van der Waals surface area contributed by atoms with Crippen molar-refractivity contribution >= 4 is 0 Å². The Kier molecular flexibility index (Phi) is 8.86. The molecule has 1 nitrogen and oxygen atoms in total. The van der Waals surface area contributed by atoms with Crippen LogP contribution in [0, 0.1) is 5.41 Å². The van der Waals surface area contributed by atoms with Crippen molar-refractivity contribution in [2.45, 2.75) is 111 Å². The summed E-state index contributed by atoms with van der Waals surface area (Å²) in [5.41, 5.74) is 3.17. The Labute approximate surface area is 163 Å². The van der Waals surface area contributed by atoms with E-state index in [1.54, 1.807) is 0 Å². The first-order valence-corrected chi connectivity index (χ1v) is 10.8. The van der Waals surface area contributed by atoms with E-state index in [2.05, 4.69) is 79.7 Å². The van der Waals surface area contributed by atoms with Gasteiger partial charge in [0.1, 0.15) is 0 Å². The topological polar surface area (TPSA) is 9.23 Å². The molecule has 0 saturated carbocycles. The lowest BCUT2D eigenvalue weighted by Gasteiger charge is -2.35. The van der Waals surface area contributed by atoms with Gasteiger partial charge in [-0.3, -0.25) is 0 Å². The summed E-state index contributed by atoms with van der Waals surface area (Å²) in [7, 11) is 0. The van der Waals surface area contributed by atoms with Crippen LogP contribution in [0.25, 0.3) is 0 Å². The molecule has 1 heteroatoms. The third-order valence-electron chi connectivity index (χ3n) is 5.68. The van der Waals surface area contributed by atoms with Crippen LogP contribution in [0.15, 0.2) is 24.3 Å². The van der Waals surface area contributed by atoms with Gasteiger partial charge in [0.05, 0.1) is 5.60 Å². The summed E-state index contributed by atoms with van der Waals surface area (Å²) in [6, 6.07) is 9.31. The van der Waals surface area contributed by atoms with Gasteiger partial charge in [-0.15, -0.1) is 0 Å². The monoisotopic (exact) mass is 360 g/mol. The molecule has 150 valence electrons. The van der Waals surface area contributed by atoms with Crippen molar-refractivity contribution in [3.05, 3.63) is 35.4 Å². The average Bonchev–Trinajstić information content (AvgIpc) is 2.57. The van der Waals surface area contributed by atoms with Gasteiger partial charge in [0.2, 0.25) is 0 Å². The van der Waals surface area contributed by atoms with Gasteiger partial charge in [0.15, 0.2) is 0 Å². The van der Waals surface area contributed by atoms with E-state index >= 15 is 0 Å². The van der Waals surface area contributed by atoms with Crippen molar-refractivity contribution in [3.63, 3.8) is 0 Å². The number of hydrogen-bond donors (Lipinski definition) is 0. The largest absolute Gasteiger partial charge is 0.370 e. The van der Waals surface area contributed by atoms with E-state index in [0.29, 0.717) is 5.41 Å². The SMILES string of the molecule is CCCCCCOC(CC)(CC)c1ccc(C(C)(C)CC(C)(C)C)cc1. The summed E-state index contributed by atoms with van der Waals surface area (Å²) in [5, 5.41) is 0. The highest BCUT2D eigenvalue weighted by atomic mass is 16.5. The molecule has 0 N–H and O–H groups in total. The second-order valence-electron chi connectivity index (χ2n) is 9.81. The van der Waals surface area contributed by atoms with Crippen molar-refractivity contribution in [1.29, 1.82) is 0 Å². The van der Waals surface area contributed by atoms with Crippen molar-refractivity contribution in [2.24, 2.45) is 5.41 Å². The quantitative estimate of drug-likeness (QED) is 0.363. The summed E-state index contributed by atoms with van der Waals surface area (Å²) >= 11 is 0. The molecule has 26 heavy (non-hydrogen) atoms.